The zero-order valence-electron chi connectivity index (χ0n) is 57.6. The minimum absolute atomic E-state index is 0.0571. The monoisotopic (exact) mass is 1680 g/mol. The third kappa shape index (κ3) is 17.9. The summed E-state index contributed by atoms with van der Waals surface area (Å²) in [5, 5.41) is 0. The molecule has 0 radical (unpaired) electrons. The average molecular weight is 1680 g/mol. The Labute approximate surface area is 615 Å². The molecule has 25 atom stereocenters. The molecule has 0 amide bonds. The molecule has 5 aliphatic heterocycles. The Morgan fingerprint density at radius 3 is 1.18 bits per heavy atom. The predicted molar refractivity (Wildman–Crippen MR) is 357 cm³/mol. The highest BCUT2D eigenvalue weighted by Gasteiger charge is 2.58. The van der Waals surface area contributed by atoms with Crippen LogP contribution in [0.4, 0.5) is 20.5 Å². The lowest BCUT2D eigenvalue weighted by Crippen LogP contribution is -2.40. The standard InChI is InChI=1S/C53H69F2N16O35P5/c1-6-21-33(29(54)45(97-21)67-11-8-26(72)62-51(67)76)102-108(81,82)93-14-22-34(30(55)46(98-22)68-12-9-27(73)63-52(68)77)103-109(83,84)94-15-23-35(38(89-3)47(99-23)69-13-10-28(74)64-53(69)78)105-110(85,86)96-17-25-37(40(91-5)49(101-25)71-20-61-32-43(71)65-50(57)66-44(32)75)106-111(87,88)95-16-24-36(104-107(79,80)92-7-2)39(90-4)48(100-24)70-19-60-31-41(56)58-18-59-42(31)70/h8-13,18-25,29-30,33-40,45-49H,6-7,14-17H2,1-5H3,(H,79,80)(H,81,82)(H,83,84)(H,85,86)(H,87,88)(H2,56,58,59)(H,62,72,76)(H,63,73,77)(H,64,74,78)(H3,57,65,66,75)/t21-,22-,23-,24-,25-,29+,30+,33?,34?,35?,36?,37?,38+,39+,40+,45-,46-,47-,48-,49-/m1/s1. The van der Waals surface area contributed by atoms with Gasteiger partial charge >= 0.3 is 56.2 Å². The molecule has 111 heavy (non-hydrogen) atoms. The molecular weight excluding hydrogens is 1610 g/mol. The number of rotatable bonds is 33. The molecule has 0 saturated carbocycles. The van der Waals surface area contributed by atoms with Gasteiger partial charge in [0.15, 0.2) is 66.1 Å². The van der Waals surface area contributed by atoms with Crippen molar-refractivity contribution in [1.82, 2.24) is 67.7 Å². The van der Waals surface area contributed by atoms with Gasteiger partial charge in [0.2, 0.25) is 5.95 Å². The van der Waals surface area contributed by atoms with Gasteiger partial charge in [0.1, 0.15) is 85.1 Å². The SMILES string of the molecule is CCOP(=O)(O)OC1[C@@H](COP(=O)(O)OC2[C@@H](COP(=O)(O)OC3[C@@H](COP(=O)(O)OC4[C@@H](COP(=O)(O)OC5[C@@H](CC)O[C@@H](n6ccc(=O)[nH]c6=O)[C@H]5F)O[C@@H](n5ccc(=O)[nH]c5=O)[C@H]4F)O[C@@H](n4ccc(=O)[nH]c4=O)[C@H]3OC)O[C@@H](n3cnc4c(=O)[nH]c(N)nc43)[C@H]2OC)O[C@@H](n2cnc3c(N)ncnc32)[C@H]1OC. The largest absolute Gasteiger partial charge is 0.472 e. The maximum Gasteiger partial charge on any atom is 0.472 e. The van der Waals surface area contributed by atoms with Gasteiger partial charge in [0.25, 0.3) is 22.2 Å². The zero-order valence-corrected chi connectivity index (χ0v) is 62.1. The summed E-state index contributed by atoms with van der Waals surface area (Å²) in [6.45, 7) is -2.67. The molecule has 0 spiro atoms. The van der Waals surface area contributed by atoms with Crippen molar-refractivity contribution in [3.8, 4) is 0 Å². The molecule has 5 fully saturated rings. The number of fused-ring (bicyclic) bond motifs is 2. The topological polar surface area (TPSA) is 676 Å². The summed E-state index contributed by atoms with van der Waals surface area (Å²) in [5.41, 5.74) is 4.09. The van der Waals surface area contributed by atoms with E-state index in [1.54, 1.807) is 0 Å². The number of nitrogens with two attached hydrogens (primary N) is 2. The first kappa shape index (κ1) is 83.1. The molecule has 7 aromatic rings. The van der Waals surface area contributed by atoms with Crippen LogP contribution in [0.25, 0.3) is 22.3 Å². The number of hydrogen-bond donors (Lipinski definition) is 11. The fourth-order valence-electron chi connectivity index (χ4n) is 12.7. The Balaban J connectivity index is 0.790. The lowest BCUT2D eigenvalue weighted by Gasteiger charge is -2.28. The van der Waals surface area contributed by atoms with Gasteiger partial charge in [0, 0.05) is 58.1 Å². The van der Waals surface area contributed by atoms with E-state index < -0.39 is 234 Å². The fourth-order valence-corrected chi connectivity index (χ4v) is 17.5. The molecule has 58 heteroatoms. The lowest BCUT2D eigenvalue weighted by atomic mass is 10.1. The Bertz CT molecular complexity index is 5260. The van der Waals surface area contributed by atoms with E-state index >= 15 is 8.78 Å². The third-order valence-electron chi connectivity index (χ3n) is 17.5. The molecule has 0 bridgehead atoms. The second-order valence-corrected chi connectivity index (χ2v) is 31.5. The number of phosphoric acid groups is 5. The Morgan fingerprint density at radius 2 is 0.784 bits per heavy atom. The quantitative estimate of drug-likeness (QED) is 0.0197. The van der Waals surface area contributed by atoms with E-state index in [1.807, 2.05) is 15.0 Å². The molecule has 5 saturated heterocycles. The minimum atomic E-state index is -5.98. The van der Waals surface area contributed by atoms with Crippen molar-refractivity contribution in [3.05, 3.63) is 129 Å². The number of anilines is 2. The summed E-state index contributed by atoms with van der Waals surface area (Å²) in [6, 6.07) is 2.42. The number of hydrogen-bond acceptors (Lipinski definition) is 37. The van der Waals surface area contributed by atoms with Gasteiger partial charge in [-0.05, 0) is 13.3 Å². The number of H-pyrrole nitrogens is 4. The predicted octanol–water partition coefficient (Wildman–Crippen LogP) is -2.08. The summed E-state index contributed by atoms with van der Waals surface area (Å²) >= 11 is 0. The second kappa shape index (κ2) is 33.2. The van der Waals surface area contributed by atoms with Crippen LogP contribution >= 0.6 is 39.1 Å². The molecule has 0 aliphatic carbocycles. The summed E-state index contributed by atoms with van der Waals surface area (Å²) in [4.78, 5) is 173. The number of ether oxygens (including phenoxy) is 8. The molecule has 5 aliphatic rings. The number of aromatic amines is 4. The zero-order chi connectivity index (χ0) is 80.1. The molecule has 13 N–H and O–H groups in total. The van der Waals surface area contributed by atoms with Crippen molar-refractivity contribution < 1.29 is 139 Å². The van der Waals surface area contributed by atoms with E-state index in [0.717, 1.165) is 68.2 Å². The number of methoxy groups -OCH3 is 3. The van der Waals surface area contributed by atoms with Crippen molar-refractivity contribution in [2.24, 2.45) is 0 Å². The van der Waals surface area contributed by atoms with E-state index in [-0.39, 0.29) is 41.2 Å². The Morgan fingerprint density at radius 1 is 0.441 bits per heavy atom. The van der Waals surface area contributed by atoms with Gasteiger partial charge in [0.05, 0.1) is 51.8 Å². The van der Waals surface area contributed by atoms with Crippen molar-refractivity contribution >= 4 is 73.2 Å². The number of nitrogens with zero attached hydrogens (tertiary/aromatic N) is 10. The van der Waals surface area contributed by atoms with Crippen LogP contribution < -0.4 is 50.8 Å². The Kier molecular flexibility index (Phi) is 24.9. The molecule has 7 aromatic heterocycles. The highest BCUT2D eigenvalue weighted by molar-refractivity contribution is 7.48. The van der Waals surface area contributed by atoms with Crippen molar-refractivity contribution in [2.75, 3.05) is 65.8 Å². The third-order valence-corrected chi connectivity index (χ3v) is 22.6. The van der Waals surface area contributed by atoms with Gasteiger partial charge in [-0.25, -0.2) is 65.9 Å². The van der Waals surface area contributed by atoms with Crippen LogP contribution in [0.3, 0.4) is 0 Å². The van der Waals surface area contributed by atoms with Gasteiger partial charge in [-0.1, -0.05) is 6.92 Å². The fraction of sp³-hybridized carbons (Fsp3) is 0.585. The van der Waals surface area contributed by atoms with Gasteiger partial charge < -0.3 is 73.8 Å². The number of phosphoric ester groups is 5. The molecule has 0 aromatic carbocycles. The van der Waals surface area contributed by atoms with E-state index in [4.69, 9.17) is 94.6 Å². The summed E-state index contributed by atoms with van der Waals surface area (Å²) < 4.78 is 207. The number of aromatic nitrogens is 14. The maximum atomic E-state index is 16.9. The van der Waals surface area contributed by atoms with Crippen molar-refractivity contribution in [1.29, 1.82) is 0 Å². The highest BCUT2D eigenvalue weighted by Crippen LogP contribution is 2.57. The highest BCUT2D eigenvalue weighted by atomic mass is 31.2. The first-order valence-electron chi connectivity index (χ1n) is 32.5. The van der Waals surface area contributed by atoms with Crippen molar-refractivity contribution in [3.63, 3.8) is 0 Å². The molecule has 12 rings (SSSR count). The van der Waals surface area contributed by atoms with Gasteiger partial charge in [-0.2, -0.15) is 4.98 Å². The lowest BCUT2D eigenvalue weighted by molar-refractivity contribution is -0.0668. The minimum Gasteiger partial charge on any atom is -0.382 e. The average Bonchev–Trinajstić information content (AvgIpc) is 1.62. The molecule has 12 heterocycles. The van der Waals surface area contributed by atoms with E-state index in [0.29, 0.717) is 13.7 Å². The second-order valence-electron chi connectivity index (χ2n) is 24.4. The van der Waals surface area contributed by atoms with Crippen LogP contribution in [-0.4, -0.2) is 238 Å². The summed E-state index contributed by atoms with van der Waals surface area (Å²) in [5.74, 6) is -0.501. The van der Waals surface area contributed by atoms with Crippen LogP contribution in [-0.2, 0) is 106 Å². The normalized spacial score (nSPS) is 31.7. The number of nitrogens with one attached hydrogen (secondary N) is 4. The molecular formula is C53H69F2N16O35P5. The van der Waals surface area contributed by atoms with Crippen molar-refractivity contribution in [2.45, 2.75) is 143 Å². The number of nitrogen functional groups attached to an aromatic ring is 2. The van der Waals surface area contributed by atoms with E-state index in [9.17, 15) is 80.9 Å². The van der Waals surface area contributed by atoms with Crippen LogP contribution in [0.1, 0.15) is 51.4 Å². The molecule has 610 valence electrons. The van der Waals surface area contributed by atoms with E-state index in [1.165, 1.54) is 31.9 Å². The summed E-state index contributed by atoms with van der Waals surface area (Å²) in [6.07, 6.45) is -33.3. The first-order valence-corrected chi connectivity index (χ1v) is 40.0. The van der Waals surface area contributed by atoms with Crippen LogP contribution in [0.2, 0.25) is 0 Å². The van der Waals surface area contributed by atoms with E-state index in [2.05, 4.69) is 29.9 Å². The molecule has 51 nitrogen and oxygen atoms in total. The summed E-state index contributed by atoms with van der Waals surface area (Å²) in [7, 11) is -25.1. The van der Waals surface area contributed by atoms with Gasteiger partial charge in [-0.3, -0.25) is 107 Å². The number of alkyl halides is 2. The Hall–Kier alpha value is -7.37. The van der Waals surface area contributed by atoms with Gasteiger partial charge in [-0.15, -0.1) is 0 Å². The van der Waals surface area contributed by atoms with Crippen LogP contribution in [0.5, 0.6) is 0 Å². The smallest absolute Gasteiger partial charge is 0.382 e. The van der Waals surface area contributed by atoms with Crippen LogP contribution in [0.15, 0.2) is 89.3 Å². The number of halogens is 2. The van der Waals surface area contributed by atoms with Crippen LogP contribution in [0, 0.1) is 0 Å². The maximum absolute atomic E-state index is 16.9. The molecule has 10 unspecified atom stereocenters. The number of imidazole rings is 2. The first-order chi connectivity index (χ1) is 52.5.